The van der Waals surface area contributed by atoms with Crippen molar-refractivity contribution in [3.8, 4) is 0 Å². The average molecular weight is 425 g/mol. The van der Waals surface area contributed by atoms with Gasteiger partial charge >= 0.3 is 0 Å². The lowest BCUT2D eigenvalue weighted by Crippen LogP contribution is -2.40. The van der Waals surface area contributed by atoms with Crippen LogP contribution in [0.15, 0.2) is 15.8 Å². The molecule has 2 aliphatic rings. The molecule has 2 unspecified atom stereocenters. The lowest BCUT2D eigenvalue weighted by molar-refractivity contribution is -0.131. The van der Waals surface area contributed by atoms with Crippen LogP contribution in [0.1, 0.15) is 42.7 Å². The third-order valence-corrected chi connectivity index (χ3v) is 8.03. The van der Waals surface area contributed by atoms with E-state index in [4.69, 9.17) is 4.74 Å². The summed E-state index contributed by atoms with van der Waals surface area (Å²) in [5.41, 5.74) is 1.34. The topological polar surface area (TPSA) is 67.4 Å². The van der Waals surface area contributed by atoms with Gasteiger partial charge in [0.2, 0.25) is 11.0 Å². The number of hydrogen-bond acceptors (Lipinski definition) is 8. The van der Waals surface area contributed by atoms with Crippen LogP contribution in [0.2, 0.25) is 0 Å². The number of ether oxygens (including phenoxy) is 1. The van der Waals surface area contributed by atoms with Crippen LogP contribution in [0.25, 0.3) is 0 Å². The van der Waals surface area contributed by atoms with E-state index >= 15 is 0 Å². The zero-order chi connectivity index (χ0) is 18.6. The highest BCUT2D eigenvalue weighted by Crippen LogP contribution is 2.36. The van der Waals surface area contributed by atoms with Crippen LogP contribution in [0.4, 0.5) is 5.13 Å². The number of amides is 1. The van der Waals surface area contributed by atoms with Gasteiger partial charge in [-0.15, -0.1) is 21.5 Å². The second-order valence-electron chi connectivity index (χ2n) is 6.74. The largest absolute Gasteiger partial charge is 0.376 e. The molecular formula is C18H24N4O2S3. The molecule has 2 aliphatic heterocycles. The summed E-state index contributed by atoms with van der Waals surface area (Å²) in [6, 6.07) is 2.39. The minimum absolute atomic E-state index is 0.188. The molecule has 27 heavy (non-hydrogen) atoms. The van der Waals surface area contributed by atoms with Crippen molar-refractivity contribution >= 4 is 45.5 Å². The van der Waals surface area contributed by atoms with E-state index in [1.54, 1.807) is 0 Å². The van der Waals surface area contributed by atoms with E-state index in [1.807, 2.05) is 16.2 Å². The van der Waals surface area contributed by atoms with E-state index in [-0.39, 0.29) is 18.1 Å². The first-order valence-electron chi connectivity index (χ1n) is 9.42. The van der Waals surface area contributed by atoms with Gasteiger partial charge < -0.3 is 15.0 Å². The third-order valence-electron chi connectivity index (χ3n) is 5.03. The minimum atomic E-state index is 0.188. The van der Waals surface area contributed by atoms with Crippen molar-refractivity contribution in [2.45, 2.75) is 49.1 Å². The maximum atomic E-state index is 12.8. The average Bonchev–Trinajstić information content (AvgIpc) is 3.44. The molecule has 2 atom stereocenters. The van der Waals surface area contributed by atoms with Gasteiger partial charge in [0.05, 0.1) is 17.9 Å². The Morgan fingerprint density at radius 3 is 3.22 bits per heavy atom. The summed E-state index contributed by atoms with van der Waals surface area (Å²) in [6.45, 7) is 4.60. The zero-order valence-electron chi connectivity index (χ0n) is 15.3. The fourth-order valence-corrected chi connectivity index (χ4v) is 6.26. The SMILES string of the molecule is CCC1c2ccsc2CCN1C(=O)CSc1nnc(NCC2CCCO2)s1. The Morgan fingerprint density at radius 2 is 2.41 bits per heavy atom. The van der Waals surface area contributed by atoms with Crippen LogP contribution in [-0.4, -0.2) is 52.6 Å². The molecule has 2 aromatic rings. The van der Waals surface area contributed by atoms with Gasteiger partial charge in [-0.3, -0.25) is 4.79 Å². The van der Waals surface area contributed by atoms with Crippen LogP contribution in [0.3, 0.4) is 0 Å². The van der Waals surface area contributed by atoms with Gasteiger partial charge in [0.15, 0.2) is 4.34 Å². The summed E-state index contributed by atoms with van der Waals surface area (Å²) in [5.74, 6) is 0.601. The highest BCUT2D eigenvalue weighted by molar-refractivity contribution is 8.01. The number of thioether (sulfide) groups is 1. The zero-order valence-corrected chi connectivity index (χ0v) is 17.8. The van der Waals surface area contributed by atoms with E-state index in [0.717, 1.165) is 54.9 Å². The monoisotopic (exact) mass is 424 g/mol. The number of carbonyl (C=O) groups excluding carboxylic acids is 1. The molecule has 6 nitrogen and oxygen atoms in total. The molecule has 0 bridgehead atoms. The van der Waals surface area contributed by atoms with E-state index in [0.29, 0.717) is 5.75 Å². The summed E-state index contributed by atoms with van der Waals surface area (Å²) >= 11 is 4.80. The van der Waals surface area contributed by atoms with E-state index < -0.39 is 0 Å². The summed E-state index contributed by atoms with van der Waals surface area (Å²) in [6.07, 6.45) is 4.43. The Hall–Kier alpha value is -1.16. The number of nitrogens with zero attached hydrogens (tertiary/aromatic N) is 3. The summed E-state index contributed by atoms with van der Waals surface area (Å²) in [4.78, 5) is 16.3. The smallest absolute Gasteiger partial charge is 0.233 e. The Bertz CT molecular complexity index is 772. The van der Waals surface area contributed by atoms with Crippen molar-refractivity contribution < 1.29 is 9.53 Å². The quantitative estimate of drug-likeness (QED) is 0.682. The molecule has 1 fully saturated rings. The van der Waals surface area contributed by atoms with Gasteiger partial charge in [-0.25, -0.2) is 0 Å². The van der Waals surface area contributed by atoms with Crippen molar-refractivity contribution in [2.75, 3.05) is 30.8 Å². The maximum Gasteiger partial charge on any atom is 0.233 e. The van der Waals surface area contributed by atoms with Gasteiger partial charge in [-0.05, 0) is 42.7 Å². The number of carbonyl (C=O) groups is 1. The molecule has 0 aliphatic carbocycles. The molecule has 9 heteroatoms. The number of aromatic nitrogens is 2. The Balaban J connectivity index is 1.29. The first kappa shape index (κ1) is 19.2. The van der Waals surface area contributed by atoms with Gasteiger partial charge in [0.1, 0.15) is 0 Å². The summed E-state index contributed by atoms with van der Waals surface area (Å²) in [7, 11) is 0. The van der Waals surface area contributed by atoms with E-state index in [9.17, 15) is 4.79 Å². The predicted molar refractivity (Wildman–Crippen MR) is 111 cm³/mol. The van der Waals surface area contributed by atoms with Gasteiger partial charge in [0, 0.05) is 24.6 Å². The van der Waals surface area contributed by atoms with Crippen molar-refractivity contribution in [3.63, 3.8) is 0 Å². The summed E-state index contributed by atoms with van der Waals surface area (Å²) < 4.78 is 6.44. The number of nitrogens with one attached hydrogen (secondary N) is 1. The predicted octanol–water partition coefficient (Wildman–Crippen LogP) is 3.82. The first-order valence-corrected chi connectivity index (χ1v) is 12.1. The highest BCUT2D eigenvalue weighted by atomic mass is 32.2. The molecule has 1 N–H and O–H groups in total. The minimum Gasteiger partial charge on any atom is -0.376 e. The second-order valence-corrected chi connectivity index (χ2v) is 9.94. The van der Waals surface area contributed by atoms with Crippen LogP contribution in [0, 0.1) is 0 Å². The van der Waals surface area contributed by atoms with E-state index in [2.05, 4.69) is 33.9 Å². The molecule has 1 saturated heterocycles. The highest BCUT2D eigenvalue weighted by Gasteiger charge is 2.30. The molecule has 2 aromatic heterocycles. The van der Waals surface area contributed by atoms with Crippen molar-refractivity contribution in [2.24, 2.45) is 0 Å². The number of anilines is 1. The molecule has 0 saturated carbocycles. The number of fused-ring (bicyclic) bond motifs is 1. The molecule has 0 spiro atoms. The Morgan fingerprint density at radius 1 is 1.48 bits per heavy atom. The van der Waals surface area contributed by atoms with Crippen LogP contribution in [-0.2, 0) is 16.0 Å². The van der Waals surface area contributed by atoms with Crippen molar-refractivity contribution in [1.82, 2.24) is 15.1 Å². The maximum absolute atomic E-state index is 12.8. The fraction of sp³-hybridized carbons (Fsp3) is 0.611. The molecular weight excluding hydrogens is 400 g/mol. The Labute approximate surface area is 171 Å². The molecule has 1 amide bonds. The fourth-order valence-electron chi connectivity index (χ4n) is 3.69. The molecule has 0 radical (unpaired) electrons. The van der Waals surface area contributed by atoms with Crippen LogP contribution in [0.5, 0.6) is 0 Å². The normalized spacial score (nSPS) is 22.0. The lowest BCUT2D eigenvalue weighted by Gasteiger charge is -2.35. The number of hydrogen-bond donors (Lipinski definition) is 1. The first-order chi connectivity index (χ1) is 13.2. The number of rotatable bonds is 7. The molecule has 146 valence electrons. The second kappa shape index (κ2) is 8.89. The molecule has 4 rings (SSSR count). The van der Waals surface area contributed by atoms with Crippen LogP contribution >= 0.6 is 34.4 Å². The van der Waals surface area contributed by atoms with Crippen LogP contribution < -0.4 is 5.32 Å². The standard InChI is InChI=1S/C18H24N4O2S3/c1-2-14-13-6-9-25-15(13)5-7-22(14)16(23)11-26-18-21-20-17(27-18)19-10-12-4-3-8-24-12/h6,9,12,14H,2-5,7-8,10-11H2,1H3,(H,19,20). The number of thiophene rings is 1. The van der Waals surface area contributed by atoms with Gasteiger partial charge in [0.25, 0.3) is 0 Å². The van der Waals surface area contributed by atoms with Gasteiger partial charge in [-0.2, -0.15) is 0 Å². The summed E-state index contributed by atoms with van der Waals surface area (Å²) in [5, 5.41) is 14.6. The van der Waals surface area contributed by atoms with Gasteiger partial charge in [-0.1, -0.05) is 30.0 Å². The van der Waals surface area contributed by atoms with Crippen molar-refractivity contribution in [3.05, 3.63) is 21.9 Å². The van der Waals surface area contributed by atoms with E-state index in [1.165, 1.54) is 33.5 Å². The van der Waals surface area contributed by atoms with Crippen molar-refractivity contribution in [1.29, 1.82) is 0 Å². The third kappa shape index (κ3) is 4.47. The Kier molecular flexibility index (Phi) is 6.31. The molecule has 4 heterocycles. The molecule has 0 aromatic carbocycles. The lowest BCUT2D eigenvalue weighted by atomic mass is 9.98.